The maximum atomic E-state index is 14.1. The van der Waals surface area contributed by atoms with E-state index < -0.39 is 7.14 Å². The summed E-state index contributed by atoms with van der Waals surface area (Å²) in [5, 5.41) is 3.95. The van der Waals surface area contributed by atoms with Crippen molar-refractivity contribution in [3.05, 3.63) is 108 Å². The fourth-order valence-corrected chi connectivity index (χ4v) is 5.56. The molecule has 0 saturated carbocycles. The van der Waals surface area contributed by atoms with Crippen LogP contribution in [0.5, 0.6) is 0 Å². The molecule has 3 aromatic carbocycles. The molecule has 0 heterocycles. The van der Waals surface area contributed by atoms with E-state index >= 15 is 0 Å². The molecule has 1 N–H and O–H groups in total. The molecule has 0 aliphatic heterocycles. The van der Waals surface area contributed by atoms with Gasteiger partial charge in [0, 0.05) is 21.7 Å². The molecule has 0 atom stereocenters. The molecule has 0 aliphatic carbocycles. The number of amides is 1. The highest BCUT2D eigenvalue weighted by Gasteiger charge is 2.33. The quantitative estimate of drug-likeness (QED) is 0.663. The van der Waals surface area contributed by atoms with Crippen molar-refractivity contribution in [2.75, 3.05) is 0 Å². The van der Waals surface area contributed by atoms with E-state index in [1.807, 2.05) is 42.5 Å². The first kappa shape index (κ1) is 18.2. The molecule has 0 bridgehead atoms. The molecule has 3 nitrogen and oxygen atoms in total. The Hall–Kier alpha value is -2.61. The molecule has 3 aromatic rings. The number of benzene rings is 3. The lowest BCUT2D eigenvalue weighted by molar-refractivity contribution is 0.0968. The van der Waals surface area contributed by atoms with Crippen molar-refractivity contribution in [3.63, 3.8) is 0 Å². The van der Waals surface area contributed by atoms with Crippen LogP contribution in [-0.2, 0) is 4.57 Å². The van der Waals surface area contributed by atoms with Crippen molar-refractivity contribution >= 4 is 35.3 Å². The maximum Gasteiger partial charge on any atom is 0.255 e. The Morgan fingerprint density at radius 1 is 0.769 bits per heavy atom. The standard InChI is InChI=1S/C21H17ClNO2P/c22-16-20(23-21(24)17-10-4-1-5-11-17)26(25,18-12-6-2-7-13-18)19-14-8-3-9-15-19/h1-16H,(H,23,24). The third kappa shape index (κ3) is 3.65. The van der Waals surface area contributed by atoms with Crippen LogP contribution < -0.4 is 15.9 Å². The SMILES string of the molecule is O=C(NC(=CCl)P(=O)(c1ccccc1)c1ccccc1)c1ccccc1. The lowest BCUT2D eigenvalue weighted by Crippen LogP contribution is -2.28. The summed E-state index contributed by atoms with van der Waals surface area (Å²) in [6.07, 6.45) is 0. The van der Waals surface area contributed by atoms with Gasteiger partial charge in [-0.25, -0.2) is 0 Å². The van der Waals surface area contributed by atoms with Crippen molar-refractivity contribution in [1.82, 2.24) is 5.32 Å². The van der Waals surface area contributed by atoms with E-state index in [4.69, 9.17) is 11.6 Å². The van der Waals surface area contributed by atoms with Crippen LogP contribution in [0.25, 0.3) is 0 Å². The second-order valence-electron chi connectivity index (χ2n) is 5.59. The molecule has 5 heteroatoms. The largest absolute Gasteiger partial charge is 0.318 e. The van der Waals surface area contributed by atoms with E-state index in [-0.39, 0.29) is 11.3 Å². The van der Waals surface area contributed by atoms with Gasteiger partial charge in [-0.2, -0.15) is 0 Å². The lowest BCUT2D eigenvalue weighted by atomic mass is 10.2. The predicted molar refractivity (Wildman–Crippen MR) is 108 cm³/mol. The van der Waals surface area contributed by atoms with Crippen LogP contribution in [0.15, 0.2) is 102 Å². The van der Waals surface area contributed by atoms with Gasteiger partial charge in [-0.15, -0.1) is 0 Å². The molecule has 0 fully saturated rings. The zero-order chi connectivity index (χ0) is 18.4. The van der Waals surface area contributed by atoms with E-state index in [2.05, 4.69) is 5.32 Å². The summed E-state index contributed by atoms with van der Waals surface area (Å²) < 4.78 is 14.1. The minimum Gasteiger partial charge on any atom is -0.318 e. The van der Waals surface area contributed by atoms with Gasteiger partial charge in [0.2, 0.25) is 0 Å². The Bertz CT molecular complexity index is 914. The number of hydrogen-bond acceptors (Lipinski definition) is 2. The number of carbonyl (C=O) groups is 1. The number of rotatable bonds is 5. The van der Waals surface area contributed by atoms with Crippen molar-refractivity contribution < 1.29 is 9.36 Å². The summed E-state index contributed by atoms with van der Waals surface area (Å²) in [6.45, 7) is 0. The first-order chi connectivity index (χ1) is 12.7. The van der Waals surface area contributed by atoms with Gasteiger partial charge in [0.05, 0.1) is 5.44 Å². The Balaban J connectivity index is 2.06. The van der Waals surface area contributed by atoms with Crippen molar-refractivity contribution in [2.45, 2.75) is 0 Å². The van der Waals surface area contributed by atoms with Crippen molar-refractivity contribution in [1.29, 1.82) is 0 Å². The van der Waals surface area contributed by atoms with E-state index in [0.717, 1.165) is 0 Å². The number of nitrogens with one attached hydrogen (secondary N) is 1. The molecular weight excluding hydrogens is 365 g/mol. The number of hydrogen-bond donors (Lipinski definition) is 1. The summed E-state index contributed by atoms with van der Waals surface area (Å²) >= 11 is 6.03. The Kier molecular flexibility index (Phi) is 5.72. The minimum atomic E-state index is -3.31. The van der Waals surface area contributed by atoms with Crippen LogP contribution in [0, 0.1) is 0 Å². The highest BCUT2D eigenvalue weighted by molar-refractivity contribution is 7.82. The summed E-state index contributed by atoms with van der Waals surface area (Å²) in [5.74, 6) is -0.357. The van der Waals surface area contributed by atoms with Crippen LogP contribution in [0.3, 0.4) is 0 Å². The van der Waals surface area contributed by atoms with Gasteiger partial charge in [-0.05, 0) is 12.1 Å². The zero-order valence-electron chi connectivity index (χ0n) is 13.9. The van der Waals surface area contributed by atoms with E-state index in [0.29, 0.717) is 16.2 Å². The smallest absolute Gasteiger partial charge is 0.255 e. The second-order valence-corrected chi connectivity index (χ2v) is 8.55. The van der Waals surface area contributed by atoms with Gasteiger partial charge in [0.1, 0.15) is 0 Å². The van der Waals surface area contributed by atoms with E-state index in [1.165, 1.54) is 5.54 Å². The van der Waals surface area contributed by atoms with Gasteiger partial charge in [-0.1, -0.05) is 90.5 Å². The summed E-state index contributed by atoms with van der Waals surface area (Å²) in [7, 11) is -3.31. The normalized spacial score (nSPS) is 11.8. The van der Waals surface area contributed by atoms with Gasteiger partial charge in [-0.3, -0.25) is 4.79 Å². The fourth-order valence-electron chi connectivity index (χ4n) is 2.66. The van der Waals surface area contributed by atoms with E-state index in [1.54, 1.807) is 48.5 Å². The zero-order valence-corrected chi connectivity index (χ0v) is 15.5. The van der Waals surface area contributed by atoms with Gasteiger partial charge >= 0.3 is 0 Å². The first-order valence-electron chi connectivity index (χ1n) is 8.05. The maximum absolute atomic E-state index is 14.1. The Morgan fingerprint density at radius 2 is 1.19 bits per heavy atom. The molecule has 0 spiro atoms. The highest BCUT2D eigenvalue weighted by atomic mass is 35.5. The van der Waals surface area contributed by atoms with Gasteiger partial charge in [0.15, 0.2) is 7.14 Å². The molecule has 3 rings (SSSR count). The van der Waals surface area contributed by atoms with Crippen LogP contribution in [0.4, 0.5) is 0 Å². The molecule has 130 valence electrons. The Labute approximate surface area is 157 Å². The second kappa shape index (κ2) is 8.18. The number of carbonyl (C=O) groups excluding carboxylic acids is 1. The predicted octanol–water partition coefficient (Wildman–Crippen LogP) is 4.47. The molecule has 0 aliphatic rings. The van der Waals surface area contributed by atoms with Crippen LogP contribution >= 0.6 is 18.7 Å². The topological polar surface area (TPSA) is 46.2 Å². The van der Waals surface area contributed by atoms with Crippen LogP contribution in [0.1, 0.15) is 10.4 Å². The molecule has 0 radical (unpaired) electrons. The molecular formula is C21H17ClNO2P. The molecule has 1 amide bonds. The molecule has 0 saturated heterocycles. The Morgan fingerprint density at radius 3 is 1.62 bits per heavy atom. The molecule has 0 aromatic heterocycles. The van der Waals surface area contributed by atoms with Crippen molar-refractivity contribution in [2.24, 2.45) is 0 Å². The lowest BCUT2D eigenvalue weighted by Gasteiger charge is -2.22. The monoisotopic (exact) mass is 381 g/mol. The fraction of sp³-hybridized carbons (Fsp3) is 0. The van der Waals surface area contributed by atoms with Gasteiger partial charge in [0.25, 0.3) is 5.91 Å². The first-order valence-corrected chi connectivity index (χ1v) is 10.2. The molecule has 0 unspecified atom stereocenters. The minimum absolute atomic E-state index is 0.186. The van der Waals surface area contributed by atoms with Crippen LogP contribution in [-0.4, -0.2) is 5.91 Å². The summed E-state index contributed by atoms with van der Waals surface area (Å²) in [5.41, 5.74) is 1.85. The van der Waals surface area contributed by atoms with Crippen molar-refractivity contribution in [3.8, 4) is 0 Å². The number of halogens is 1. The highest BCUT2D eigenvalue weighted by Crippen LogP contribution is 2.50. The average molecular weight is 382 g/mol. The average Bonchev–Trinajstić information content (AvgIpc) is 2.73. The third-order valence-electron chi connectivity index (χ3n) is 3.96. The third-order valence-corrected chi connectivity index (χ3v) is 7.30. The van der Waals surface area contributed by atoms with Crippen LogP contribution in [0.2, 0.25) is 0 Å². The van der Waals surface area contributed by atoms with E-state index in [9.17, 15) is 9.36 Å². The van der Waals surface area contributed by atoms with Gasteiger partial charge < -0.3 is 9.88 Å². The summed E-state index contributed by atoms with van der Waals surface area (Å²) in [4.78, 5) is 12.6. The summed E-state index contributed by atoms with van der Waals surface area (Å²) in [6, 6.07) is 26.8. The molecule has 26 heavy (non-hydrogen) atoms.